The van der Waals surface area contributed by atoms with Crippen LogP contribution in [-0.2, 0) is 0 Å². The molecule has 1 N–H and O–H groups in total. The lowest BCUT2D eigenvalue weighted by Gasteiger charge is -2.26. The highest BCUT2D eigenvalue weighted by Gasteiger charge is 2.20. The van der Waals surface area contributed by atoms with Crippen molar-refractivity contribution in [2.24, 2.45) is 0 Å². The van der Waals surface area contributed by atoms with Crippen LogP contribution in [0, 0.1) is 0 Å². The first-order valence-electron chi connectivity index (χ1n) is 13.7. The number of unbranched alkanes of at least 4 members (excludes halogenated alkanes) is 10. The molecule has 1 heterocycles. The van der Waals surface area contributed by atoms with Crippen molar-refractivity contribution in [3.8, 4) is 11.5 Å². The predicted octanol–water partition coefficient (Wildman–Crippen LogP) is 9.42. The van der Waals surface area contributed by atoms with Gasteiger partial charge in [0, 0.05) is 6.54 Å². The second-order valence-corrected chi connectivity index (χ2v) is 10.8. The summed E-state index contributed by atoms with van der Waals surface area (Å²) in [5.41, 5.74) is 0.991. The van der Waals surface area contributed by atoms with Crippen LogP contribution in [-0.4, -0.2) is 29.6 Å². The average molecular weight is 520 g/mol. The summed E-state index contributed by atoms with van der Waals surface area (Å²) in [4.78, 5) is 4.73. The van der Waals surface area contributed by atoms with Gasteiger partial charge in [0.05, 0.1) is 15.9 Å². The highest BCUT2D eigenvalue weighted by atomic mass is 35.5. The summed E-state index contributed by atoms with van der Waals surface area (Å²) in [6.45, 7) is 7.44. The molecule has 0 aliphatic carbocycles. The van der Waals surface area contributed by atoms with Gasteiger partial charge < -0.3 is 14.7 Å². The molecule has 1 aliphatic rings. The quantitative estimate of drug-likeness (QED) is 0.180. The molecule has 196 valence electrons. The van der Waals surface area contributed by atoms with Gasteiger partial charge >= 0.3 is 0 Å². The van der Waals surface area contributed by atoms with Crippen molar-refractivity contribution in [2.45, 2.75) is 107 Å². The molecule has 0 aromatic heterocycles. The van der Waals surface area contributed by atoms with Crippen LogP contribution in [0.3, 0.4) is 0 Å². The summed E-state index contributed by atoms with van der Waals surface area (Å²) in [6.07, 6.45) is 15.3. The number of hydrogen-bond acceptors (Lipinski definition) is 4. The third-order valence-corrected chi connectivity index (χ3v) is 7.82. The van der Waals surface area contributed by atoms with E-state index in [0.29, 0.717) is 6.54 Å². The molecule has 0 spiro atoms. The van der Waals surface area contributed by atoms with Crippen LogP contribution < -0.4 is 4.74 Å². The molecule has 1 aliphatic heterocycles. The van der Waals surface area contributed by atoms with E-state index in [1.807, 2.05) is 30.3 Å². The average Bonchev–Trinajstić information content (AvgIpc) is 2.86. The number of aliphatic hydroxyl groups is 1. The second-order valence-electron chi connectivity index (χ2n) is 9.71. The molecule has 3 nitrogen and oxygen atoms in total. The molecule has 2 aromatic carbocycles. The molecule has 2 aromatic rings. The van der Waals surface area contributed by atoms with Gasteiger partial charge in [-0.05, 0) is 55.8 Å². The predicted molar refractivity (Wildman–Crippen MR) is 152 cm³/mol. The first kappa shape index (κ1) is 30.0. The van der Waals surface area contributed by atoms with E-state index >= 15 is 0 Å². The van der Waals surface area contributed by atoms with E-state index < -0.39 is 6.10 Å². The molecular weight excluding hydrogens is 474 g/mol. The highest BCUT2D eigenvalue weighted by Crippen LogP contribution is 2.47. The summed E-state index contributed by atoms with van der Waals surface area (Å²) in [7, 11) is 0. The van der Waals surface area contributed by atoms with Gasteiger partial charge in [0.15, 0.2) is 0 Å². The lowest BCUT2D eigenvalue weighted by molar-refractivity contribution is 0.110. The van der Waals surface area contributed by atoms with E-state index in [1.54, 1.807) is 11.8 Å². The zero-order chi connectivity index (χ0) is 24.0. The SMILES string of the molecule is CCCCCCCCN(CCCCCCCC)CC(O)c1ccc2c(c1)Sc1ccccc1O2.Cl. The zero-order valence-corrected chi connectivity index (χ0v) is 23.5. The summed E-state index contributed by atoms with van der Waals surface area (Å²) in [5.74, 6) is 1.80. The second kappa shape index (κ2) is 17.3. The Hall–Kier alpha value is -1.20. The molecule has 35 heavy (non-hydrogen) atoms. The minimum Gasteiger partial charge on any atom is -0.455 e. The lowest BCUT2D eigenvalue weighted by atomic mass is 10.1. The van der Waals surface area contributed by atoms with E-state index in [4.69, 9.17) is 4.74 Å². The maximum Gasteiger partial charge on any atom is 0.141 e. The number of hydrogen-bond donors (Lipinski definition) is 1. The molecule has 0 radical (unpaired) electrons. The molecule has 0 bridgehead atoms. The highest BCUT2D eigenvalue weighted by molar-refractivity contribution is 7.99. The summed E-state index contributed by atoms with van der Waals surface area (Å²) < 4.78 is 6.07. The smallest absolute Gasteiger partial charge is 0.141 e. The molecule has 3 rings (SSSR count). The van der Waals surface area contributed by atoms with Crippen molar-refractivity contribution in [3.63, 3.8) is 0 Å². The first-order chi connectivity index (χ1) is 16.7. The number of halogens is 1. The van der Waals surface area contributed by atoms with Gasteiger partial charge in [-0.2, -0.15) is 0 Å². The Balaban J connectivity index is 0.00000432. The van der Waals surface area contributed by atoms with E-state index in [0.717, 1.165) is 39.9 Å². The molecular formula is C30H46ClNO2S. The van der Waals surface area contributed by atoms with Crippen LogP contribution >= 0.6 is 24.2 Å². The summed E-state index contributed by atoms with van der Waals surface area (Å²) >= 11 is 1.73. The van der Waals surface area contributed by atoms with Crippen molar-refractivity contribution in [1.82, 2.24) is 4.90 Å². The lowest BCUT2D eigenvalue weighted by Crippen LogP contribution is -2.31. The van der Waals surface area contributed by atoms with Crippen molar-refractivity contribution in [2.75, 3.05) is 19.6 Å². The van der Waals surface area contributed by atoms with Gasteiger partial charge in [0.2, 0.25) is 0 Å². The Morgan fingerprint density at radius 3 is 1.97 bits per heavy atom. The molecule has 1 unspecified atom stereocenters. The van der Waals surface area contributed by atoms with Crippen molar-refractivity contribution in [3.05, 3.63) is 48.0 Å². The van der Waals surface area contributed by atoms with Gasteiger partial charge in [-0.15, -0.1) is 12.4 Å². The minimum atomic E-state index is -0.469. The van der Waals surface area contributed by atoms with Gasteiger partial charge in [0.25, 0.3) is 0 Å². The van der Waals surface area contributed by atoms with Crippen LogP contribution in [0.5, 0.6) is 11.5 Å². The van der Waals surface area contributed by atoms with Crippen LogP contribution in [0.4, 0.5) is 0 Å². The molecule has 0 amide bonds. The standard InChI is InChI=1S/C30H45NO2S.ClH/c1-3-5-7-9-11-15-21-31(22-16-12-10-8-6-4-2)24-26(32)25-19-20-28-30(23-25)34-29-18-14-13-17-27(29)33-28;/h13-14,17-20,23,26,32H,3-12,15-16,21-22,24H2,1-2H3;1H. The first-order valence-corrected chi connectivity index (χ1v) is 14.5. The largest absolute Gasteiger partial charge is 0.455 e. The maximum atomic E-state index is 11.1. The number of benzene rings is 2. The van der Waals surface area contributed by atoms with E-state index in [1.165, 1.54) is 77.0 Å². The Morgan fingerprint density at radius 1 is 0.743 bits per heavy atom. The molecule has 1 atom stereocenters. The molecule has 5 heteroatoms. The Bertz CT molecular complexity index is 831. The van der Waals surface area contributed by atoms with Gasteiger partial charge in [0.1, 0.15) is 11.5 Å². The van der Waals surface area contributed by atoms with Crippen molar-refractivity contribution in [1.29, 1.82) is 0 Å². The Labute approximate surface area is 224 Å². The fourth-order valence-electron chi connectivity index (χ4n) is 4.63. The molecule has 0 saturated carbocycles. The fourth-order valence-corrected chi connectivity index (χ4v) is 5.63. The maximum absolute atomic E-state index is 11.1. The normalized spacial score (nSPS) is 13.0. The Kier molecular flexibility index (Phi) is 14.8. The van der Waals surface area contributed by atoms with E-state index in [9.17, 15) is 5.11 Å². The van der Waals surface area contributed by atoms with E-state index in [-0.39, 0.29) is 12.4 Å². The molecule has 0 fully saturated rings. The van der Waals surface area contributed by atoms with Gasteiger partial charge in [-0.25, -0.2) is 0 Å². The Morgan fingerprint density at radius 2 is 1.31 bits per heavy atom. The monoisotopic (exact) mass is 519 g/mol. The zero-order valence-electron chi connectivity index (χ0n) is 21.8. The van der Waals surface area contributed by atoms with Crippen molar-refractivity contribution < 1.29 is 9.84 Å². The fraction of sp³-hybridized carbons (Fsp3) is 0.600. The number of fused-ring (bicyclic) bond motifs is 2. The third-order valence-electron chi connectivity index (χ3n) is 6.73. The van der Waals surface area contributed by atoms with Crippen LogP contribution in [0.25, 0.3) is 0 Å². The van der Waals surface area contributed by atoms with E-state index in [2.05, 4.69) is 30.9 Å². The summed E-state index contributed by atoms with van der Waals surface area (Å²) in [6, 6.07) is 14.3. The van der Waals surface area contributed by atoms with Gasteiger partial charge in [-0.1, -0.05) is 108 Å². The number of ether oxygens (including phenoxy) is 1. The number of para-hydroxylation sites is 1. The topological polar surface area (TPSA) is 32.7 Å². The number of aliphatic hydroxyl groups excluding tert-OH is 1. The number of nitrogens with zero attached hydrogens (tertiary/aromatic N) is 1. The summed E-state index contributed by atoms with van der Waals surface area (Å²) in [5, 5.41) is 11.1. The van der Waals surface area contributed by atoms with Crippen LogP contribution in [0.1, 0.15) is 103 Å². The molecule has 0 saturated heterocycles. The van der Waals surface area contributed by atoms with Crippen LogP contribution in [0.2, 0.25) is 0 Å². The van der Waals surface area contributed by atoms with Gasteiger partial charge in [-0.3, -0.25) is 0 Å². The minimum absolute atomic E-state index is 0. The number of rotatable bonds is 17. The van der Waals surface area contributed by atoms with Crippen LogP contribution in [0.15, 0.2) is 52.3 Å². The van der Waals surface area contributed by atoms with Crippen molar-refractivity contribution >= 4 is 24.2 Å². The third kappa shape index (κ3) is 10.4.